The number of ketones is 1. The molecule has 0 spiro atoms. The number of rotatable bonds is 4. The lowest BCUT2D eigenvalue weighted by Gasteiger charge is -2.22. The Hall–Kier alpha value is -1.35. The van der Waals surface area contributed by atoms with Crippen molar-refractivity contribution in [2.24, 2.45) is 0 Å². The standard InChI is InChI=1S/C15H20O3/c1-11-6-7-15(17-2)13(9-11)14(16)10-12-5-3-4-8-18-12/h6-7,9,12H,3-5,8,10H2,1-2H3. The van der Waals surface area contributed by atoms with Gasteiger partial charge in [0.25, 0.3) is 0 Å². The Morgan fingerprint density at radius 3 is 2.94 bits per heavy atom. The number of carbonyl (C=O) groups is 1. The molecule has 1 aromatic carbocycles. The molecule has 0 bridgehead atoms. The maximum Gasteiger partial charge on any atom is 0.169 e. The van der Waals surface area contributed by atoms with Crippen LogP contribution in [0.4, 0.5) is 0 Å². The summed E-state index contributed by atoms with van der Waals surface area (Å²) in [5.74, 6) is 0.767. The van der Waals surface area contributed by atoms with E-state index in [0.717, 1.165) is 31.4 Å². The third-order valence-corrected chi connectivity index (χ3v) is 3.34. The fourth-order valence-corrected chi connectivity index (χ4v) is 2.32. The highest BCUT2D eigenvalue weighted by atomic mass is 16.5. The van der Waals surface area contributed by atoms with Crippen LogP contribution in [-0.2, 0) is 4.74 Å². The lowest BCUT2D eigenvalue weighted by Crippen LogP contribution is -2.22. The molecule has 3 heteroatoms. The first-order valence-electron chi connectivity index (χ1n) is 6.50. The molecule has 1 saturated heterocycles. The molecule has 1 aliphatic heterocycles. The van der Waals surface area contributed by atoms with Gasteiger partial charge in [0.2, 0.25) is 0 Å². The van der Waals surface area contributed by atoms with Crippen LogP contribution in [0.2, 0.25) is 0 Å². The largest absolute Gasteiger partial charge is 0.496 e. The summed E-state index contributed by atoms with van der Waals surface area (Å²) in [5.41, 5.74) is 1.75. The van der Waals surface area contributed by atoms with Crippen LogP contribution in [0.15, 0.2) is 18.2 Å². The van der Waals surface area contributed by atoms with Crippen LogP contribution in [0.25, 0.3) is 0 Å². The van der Waals surface area contributed by atoms with E-state index in [1.165, 1.54) is 0 Å². The van der Waals surface area contributed by atoms with Gasteiger partial charge in [-0.25, -0.2) is 0 Å². The van der Waals surface area contributed by atoms with Gasteiger partial charge in [0, 0.05) is 13.0 Å². The van der Waals surface area contributed by atoms with Crippen LogP contribution in [0.3, 0.4) is 0 Å². The van der Waals surface area contributed by atoms with Gasteiger partial charge in [0.1, 0.15) is 5.75 Å². The molecule has 0 aromatic heterocycles. The van der Waals surface area contributed by atoms with Crippen molar-refractivity contribution >= 4 is 5.78 Å². The average molecular weight is 248 g/mol. The van der Waals surface area contributed by atoms with Crippen molar-refractivity contribution < 1.29 is 14.3 Å². The molecule has 0 saturated carbocycles. The van der Waals surface area contributed by atoms with Gasteiger partial charge >= 0.3 is 0 Å². The summed E-state index contributed by atoms with van der Waals surface area (Å²) in [6.45, 7) is 2.76. The van der Waals surface area contributed by atoms with E-state index in [9.17, 15) is 4.79 Å². The molecule has 1 unspecified atom stereocenters. The lowest BCUT2D eigenvalue weighted by molar-refractivity contribution is 0.0128. The van der Waals surface area contributed by atoms with Gasteiger partial charge in [-0.2, -0.15) is 0 Å². The Labute approximate surface area is 108 Å². The van der Waals surface area contributed by atoms with Crippen molar-refractivity contribution in [1.29, 1.82) is 0 Å². The summed E-state index contributed by atoms with van der Waals surface area (Å²) in [4.78, 5) is 12.3. The number of benzene rings is 1. The topological polar surface area (TPSA) is 35.5 Å². The van der Waals surface area contributed by atoms with Gasteiger partial charge in [0.05, 0.1) is 18.8 Å². The molecule has 0 radical (unpaired) electrons. The zero-order valence-electron chi connectivity index (χ0n) is 11.1. The van der Waals surface area contributed by atoms with E-state index in [-0.39, 0.29) is 11.9 Å². The van der Waals surface area contributed by atoms with Crippen LogP contribution in [-0.4, -0.2) is 25.6 Å². The molecule has 18 heavy (non-hydrogen) atoms. The second-order valence-corrected chi connectivity index (χ2v) is 4.82. The van der Waals surface area contributed by atoms with Crippen LogP contribution in [0.5, 0.6) is 5.75 Å². The first-order valence-corrected chi connectivity index (χ1v) is 6.50. The Kier molecular flexibility index (Phi) is 4.37. The summed E-state index contributed by atoms with van der Waals surface area (Å²) >= 11 is 0. The Bertz CT molecular complexity index is 420. The minimum atomic E-state index is 0.0801. The summed E-state index contributed by atoms with van der Waals surface area (Å²) in [5, 5.41) is 0. The van der Waals surface area contributed by atoms with Gasteiger partial charge in [-0.3, -0.25) is 4.79 Å². The van der Waals surface area contributed by atoms with E-state index in [4.69, 9.17) is 9.47 Å². The maximum atomic E-state index is 12.3. The van der Waals surface area contributed by atoms with E-state index in [1.807, 2.05) is 25.1 Å². The zero-order valence-corrected chi connectivity index (χ0v) is 11.1. The third kappa shape index (κ3) is 3.10. The van der Waals surface area contributed by atoms with Gasteiger partial charge < -0.3 is 9.47 Å². The van der Waals surface area contributed by atoms with Gasteiger partial charge in [-0.05, 0) is 38.3 Å². The molecule has 0 aliphatic carbocycles. The van der Waals surface area contributed by atoms with Crippen molar-refractivity contribution in [2.75, 3.05) is 13.7 Å². The number of hydrogen-bond acceptors (Lipinski definition) is 3. The van der Waals surface area contributed by atoms with Crippen molar-refractivity contribution in [3.63, 3.8) is 0 Å². The first kappa shape index (κ1) is 13.1. The molecular formula is C15H20O3. The Balaban J connectivity index is 2.09. The number of methoxy groups -OCH3 is 1. The van der Waals surface area contributed by atoms with Gasteiger partial charge in [-0.1, -0.05) is 11.6 Å². The normalized spacial score (nSPS) is 19.6. The van der Waals surface area contributed by atoms with E-state index in [1.54, 1.807) is 7.11 Å². The summed E-state index contributed by atoms with van der Waals surface area (Å²) < 4.78 is 10.9. The van der Waals surface area contributed by atoms with Crippen LogP contribution in [0.1, 0.15) is 41.6 Å². The monoisotopic (exact) mass is 248 g/mol. The molecule has 1 fully saturated rings. The SMILES string of the molecule is COc1ccc(C)cc1C(=O)CC1CCCCO1. The van der Waals surface area contributed by atoms with Gasteiger partial charge in [0.15, 0.2) is 5.78 Å². The average Bonchev–Trinajstić information content (AvgIpc) is 2.40. The molecule has 1 atom stereocenters. The lowest BCUT2D eigenvalue weighted by atomic mass is 9.98. The molecular weight excluding hydrogens is 228 g/mol. The Morgan fingerprint density at radius 2 is 2.28 bits per heavy atom. The first-order chi connectivity index (χ1) is 8.70. The smallest absolute Gasteiger partial charge is 0.169 e. The maximum absolute atomic E-state index is 12.3. The molecule has 0 amide bonds. The highest BCUT2D eigenvalue weighted by molar-refractivity contribution is 5.99. The van der Waals surface area contributed by atoms with E-state index in [2.05, 4.69) is 0 Å². The van der Waals surface area contributed by atoms with E-state index in [0.29, 0.717) is 17.7 Å². The van der Waals surface area contributed by atoms with Crippen molar-refractivity contribution in [3.05, 3.63) is 29.3 Å². The number of Topliss-reactive ketones (excluding diaryl/α,β-unsaturated/α-hetero) is 1. The zero-order chi connectivity index (χ0) is 13.0. The summed E-state index contributed by atoms with van der Waals surface area (Å²) in [7, 11) is 1.60. The minimum Gasteiger partial charge on any atom is -0.496 e. The summed E-state index contributed by atoms with van der Waals surface area (Å²) in [6, 6.07) is 5.70. The number of hydrogen-bond donors (Lipinski definition) is 0. The summed E-state index contributed by atoms with van der Waals surface area (Å²) in [6.07, 6.45) is 3.79. The quantitative estimate of drug-likeness (QED) is 0.768. The van der Waals surface area contributed by atoms with Gasteiger partial charge in [-0.15, -0.1) is 0 Å². The number of aryl methyl sites for hydroxylation is 1. The molecule has 1 aliphatic rings. The predicted molar refractivity (Wildman–Crippen MR) is 70.3 cm³/mol. The van der Waals surface area contributed by atoms with E-state index < -0.39 is 0 Å². The van der Waals surface area contributed by atoms with Crippen molar-refractivity contribution in [2.45, 2.75) is 38.7 Å². The highest BCUT2D eigenvalue weighted by Gasteiger charge is 2.20. The Morgan fingerprint density at radius 1 is 1.44 bits per heavy atom. The number of ether oxygens (including phenoxy) is 2. The van der Waals surface area contributed by atoms with Crippen molar-refractivity contribution in [1.82, 2.24) is 0 Å². The predicted octanol–water partition coefficient (Wildman–Crippen LogP) is 3.15. The van der Waals surface area contributed by atoms with E-state index >= 15 is 0 Å². The number of carbonyl (C=O) groups excluding carboxylic acids is 1. The second kappa shape index (κ2) is 6.01. The van der Waals surface area contributed by atoms with Crippen LogP contribution >= 0.6 is 0 Å². The fourth-order valence-electron chi connectivity index (χ4n) is 2.32. The molecule has 0 N–H and O–H groups in total. The highest BCUT2D eigenvalue weighted by Crippen LogP contribution is 2.24. The second-order valence-electron chi connectivity index (χ2n) is 4.82. The molecule has 3 nitrogen and oxygen atoms in total. The van der Waals surface area contributed by atoms with Crippen LogP contribution < -0.4 is 4.74 Å². The molecule has 98 valence electrons. The minimum absolute atomic E-state index is 0.0801. The third-order valence-electron chi connectivity index (χ3n) is 3.34. The molecule has 2 rings (SSSR count). The van der Waals surface area contributed by atoms with Crippen LogP contribution in [0, 0.1) is 6.92 Å². The fraction of sp³-hybridized carbons (Fsp3) is 0.533. The molecule has 1 heterocycles. The van der Waals surface area contributed by atoms with Crippen molar-refractivity contribution in [3.8, 4) is 5.75 Å². The molecule has 1 aromatic rings.